The summed E-state index contributed by atoms with van der Waals surface area (Å²) < 4.78 is 5.07. The van der Waals surface area contributed by atoms with Crippen LogP contribution in [0.5, 0.6) is 0 Å². The predicted octanol–water partition coefficient (Wildman–Crippen LogP) is 1.77. The van der Waals surface area contributed by atoms with Gasteiger partial charge in [0.1, 0.15) is 0 Å². The molecule has 60 valence electrons. The first-order valence-corrected chi connectivity index (χ1v) is 5.13. The number of ether oxygens (including phenoxy) is 1. The van der Waals surface area contributed by atoms with Crippen LogP contribution in [0.4, 0.5) is 0 Å². The first-order valence-electron chi connectivity index (χ1n) is 3.63. The fourth-order valence-electron chi connectivity index (χ4n) is 1.05. The molecule has 0 bridgehead atoms. The second kappa shape index (κ2) is 4.48. The highest BCUT2D eigenvalue weighted by Crippen LogP contribution is 2.09. The van der Waals surface area contributed by atoms with Crippen molar-refractivity contribution in [1.82, 2.24) is 0 Å². The summed E-state index contributed by atoms with van der Waals surface area (Å²) >= 11 is 0. The smallest absolute Gasteiger partial charge is 0.0719 e. The first kappa shape index (κ1) is 8.70. The first-order chi connectivity index (χ1) is 5.38. The lowest BCUT2D eigenvalue weighted by Gasteiger charge is -2.04. The third-order valence-corrected chi connectivity index (χ3v) is 2.61. The summed E-state index contributed by atoms with van der Waals surface area (Å²) in [6.45, 7) is 2.92. The second-order valence-electron chi connectivity index (χ2n) is 2.34. The van der Waals surface area contributed by atoms with Gasteiger partial charge in [-0.05, 0) is 17.5 Å². The molecule has 0 spiro atoms. The topological polar surface area (TPSA) is 9.23 Å². The van der Waals surface area contributed by atoms with Crippen molar-refractivity contribution in [1.29, 1.82) is 0 Å². The summed E-state index contributed by atoms with van der Waals surface area (Å²) in [6, 6.07) is 8.41. The monoisotopic (exact) mass is 168 g/mol. The lowest BCUT2D eigenvalue weighted by Crippen LogP contribution is -2.03. The largest absolute Gasteiger partial charge is 0.380 e. The summed E-state index contributed by atoms with van der Waals surface area (Å²) in [7, 11) is 2.59. The van der Waals surface area contributed by atoms with Crippen molar-refractivity contribution in [3.05, 3.63) is 29.8 Å². The fourth-order valence-corrected chi connectivity index (χ4v) is 1.79. The second-order valence-corrected chi connectivity index (χ2v) is 3.38. The van der Waals surface area contributed by atoms with E-state index < -0.39 is 0 Å². The van der Waals surface area contributed by atoms with E-state index in [1.165, 1.54) is 10.9 Å². The van der Waals surface area contributed by atoms with Gasteiger partial charge in [-0.15, -0.1) is 0 Å². The number of hydrogen-bond donors (Lipinski definition) is 0. The molecule has 11 heavy (non-hydrogen) atoms. The minimum Gasteiger partial charge on any atom is -0.380 e. The van der Waals surface area contributed by atoms with Crippen molar-refractivity contribution in [3.8, 4) is 0 Å². The third-order valence-electron chi connectivity index (χ3n) is 1.59. The zero-order valence-electron chi connectivity index (χ0n) is 6.92. The molecular formula is C9H13OP. The maximum atomic E-state index is 5.07. The molecule has 0 radical (unpaired) electrons. The molecule has 0 aromatic heterocycles. The third kappa shape index (κ3) is 2.28. The Bertz CT molecular complexity index is 223. The molecule has 0 fully saturated rings. The van der Waals surface area contributed by atoms with Gasteiger partial charge in [-0.1, -0.05) is 32.8 Å². The minimum atomic E-state index is 0.733. The van der Waals surface area contributed by atoms with Crippen LogP contribution in [0, 0.1) is 0 Å². The molecule has 1 aromatic rings. The lowest BCUT2D eigenvalue weighted by molar-refractivity contribution is 0.185. The Balaban J connectivity index is 2.83. The normalized spacial score (nSPS) is 11.1. The van der Waals surface area contributed by atoms with Gasteiger partial charge < -0.3 is 4.74 Å². The van der Waals surface area contributed by atoms with Crippen LogP contribution in [0.1, 0.15) is 5.56 Å². The summed E-state index contributed by atoms with van der Waals surface area (Å²) in [5.74, 6) is 0. The molecule has 1 aromatic carbocycles. The highest BCUT2D eigenvalue weighted by atomic mass is 31.1. The number of hydrogen-bond acceptors (Lipinski definition) is 1. The van der Waals surface area contributed by atoms with Crippen LogP contribution in [-0.2, 0) is 11.3 Å². The molecule has 1 unspecified atom stereocenters. The van der Waals surface area contributed by atoms with Gasteiger partial charge in [0.25, 0.3) is 0 Å². The molecule has 0 saturated carbocycles. The maximum absolute atomic E-state index is 5.07. The number of rotatable bonds is 3. The quantitative estimate of drug-likeness (QED) is 0.625. The molecule has 1 atom stereocenters. The summed E-state index contributed by atoms with van der Waals surface area (Å²) in [5, 5.41) is 1.41. The molecule has 0 aliphatic rings. The van der Waals surface area contributed by atoms with Crippen molar-refractivity contribution < 1.29 is 4.74 Å². The van der Waals surface area contributed by atoms with E-state index in [2.05, 4.69) is 30.9 Å². The molecule has 0 N–H and O–H groups in total. The Morgan fingerprint density at radius 3 is 2.73 bits per heavy atom. The van der Waals surface area contributed by atoms with Gasteiger partial charge in [0, 0.05) is 7.11 Å². The van der Waals surface area contributed by atoms with Gasteiger partial charge in [-0.3, -0.25) is 0 Å². The van der Waals surface area contributed by atoms with E-state index in [1.54, 1.807) is 7.11 Å². The minimum absolute atomic E-state index is 0.733. The Morgan fingerprint density at radius 2 is 2.09 bits per heavy atom. The molecule has 0 amide bonds. The average molecular weight is 168 g/mol. The molecule has 0 aliphatic carbocycles. The van der Waals surface area contributed by atoms with Crippen LogP contribution in [0.3, 0.4) is 0 Å². The van der Waals surface area contributed by atoms with Crippen molar-refractivity contribution in [2.75, 3.05) is 13.8 Å². The van der Waals surface area contributed by atoms with E-state index in [4.69, 9.17) is 4.74 Å². The van der Waals surface area contributed by atoms with Crippen LogP contribution in [0.25, 0.3) is 0 Å². The molecule has 0 saturated heterocycles. The Morgan fingerprint density at radius 1 is 1.36 bits per heavy atom. The van der Waals surface area contributed by atoms with E-state index >= 15 is 0 Å². The van der Waals surface area contributed by atoms with E-state index in [0.717, 1.165) is 15.2 Å². The Labute approximate surface area is 69.6 Å². The van der Waals surface area contributed by atoms with Gasteiger partial charge >= 0.3 is 0 Å². The van der Waals surface area contributed by atoms with E-state index in [1.807, 2.05) is 0 Å². The van der Waals surface area contributed by atoms with Crippen molar-refractivity contribution >= 4 is 13.9 Å². The van der Waals surface area contributed by atoms with Gasteiger partial charge in [-0.25, -0.2) is 0 Å². The van der Waals surface area contributed by atoms with E-state index in [0.29, 0.717) is 0 Å². The summed E-state index contributed by atoms with van der Waals surface area (Å²) in [4.78, 5) is 0. The Kier molecular flexibility index (Phi) is 3.55. The van der Waals surface area contributed by atoms with Gasteiger partial charge in [0.2, 0.25) is 0 Å². The van der Waals surface area contributed by atoms with Crippen LogP contribution in [0.15, 0.2) is 24.3 Å². The highest BCUT2D eigenvalue weighted by Gasteiger charge is 1.96. The fraction of sp³-hybridized carbons (Fsp3) is 0.333. The highest BCUT2D eigenvalue weighted by molar-refractivity contribution is 7.46. The standard InChI is InChI=1S/C9H13OP/c1-10-7-8-5-3-4-6-9(8)11-2/h3-6,11H,7H2,1-2H3. The van der Waals surface area contributed by atoms with Crippen molar-refractivity contribution in [2.24, 2.45) is 0 Å². The predicted molar refractivity (Wildman–Crippen MR) is 51.0 cm³/mol. The van der Waals surface area contributed by atoms with E-state index in [9.17, 15) is 0 Å². The van der Waals surface area contributed by atoms with Gasteiger partial charge in [0.15, 0.2) is 0 Å². The van der Waals surface area contributed by atoms with Gasteiger partial charge in [0.05, 0.1) is 6.61 Å². The SMILES string of the molecule is COCc1ccccc1PC. The average Bonchev–Trinajstić information content (AvgIpc) is 2.06. The van der Waals surface area contributed by atoms with Crippen LogP contribution < -0.4 is 5.30 Å². The lowest BCUT2D eigenvalue weighted by atomic mass is 10.2. The molecule has 0 heterocycles. The molecule has 2 heteroatoms. The molecule has 1 rings (SSSR count). The zero-order valence-corrected chi connectivity index (χ0v) is 7.92. The maximum Gasteiger partial charge on any atom is 0.0719 e. The zero-order chi connectivity index (χ0) is 8.10. The molecule has 0 aliphatic heterocycles. The summed E-state index contributed by atoms with van der Waals surface area (Å²) in [5.41, 5.74) is 1.32. The van der Waals surface area contributed by atoms with Crippen molar-refractivity contribution in [3.63, 3.8) is 0 Å². The van der Waals surface area contributed by atoms with E-state index in [-0.39, 0.29) is 0 Å². The Hall–Kier alpha value is -0.390. The van der Waals surface area contributed by atoms with Crippen LogP contribution >= 0.6 is 8.58 Å². The van der Waals surface area contributed by atoms with Crippen molar-refractivity contribution in [2.45, 2.75) is 6.61 Å². The summed E-state index contributed by atoms with van der Waals surface area (Å²) in [6.07, 6.45) is 0. The molecular weight excluding hydrogens is 155 g/mol. The van der Waals surface area contributed by atoms with Gasteiger partial charge in [-0.2, -0.15) is 0 Å². The molecule has 1 nitrogen and oxygen atoms in total. The van der Waals surface area contributed by atoms with Crippen LogP contribution in [-0.4, -0.2) is 13.8 Å². The van der Waals surface area contributed by atoms with Crippen LogP contribution in [0.2, 0.25) is 0 Å². The number of benzene rings is 1. The number of methoxy groups -OCH3 is 1.